The van der Waals surface area contributed by atoms with E-state index in [9.17, 15) is 9.59 Å². The number of terminal acetylenes is 1. The zero-order valence-corrected chi connectivity index (χ0v) is 15.8. The molecule has 1 heterocycles. The molecule has 0 unspecified atom stereocenters. The van der Waals surface area contributed by atoms with Gasteiger partial charge in [0.2, 0.25) is 5.91 Å². The summed E-state index contributed by atoms with van der Waals surface area (Å²) >= 11 is 6.35. The van der Waals surface area contributed by atoms with Gasteiger partial charge in [0.05, 0.1) is 12.0 Å². The van der Waals surface area contributed by atoms with Gasteiger partial charge in [0.25, 0.3) is 0 Å². The van der Waals surface area contributed by atoms with E-state index in [2.05, 4.69) is 11.2 Å². The SMILES string of the molecule is C#CCCC(=O)Nc1ccc2c(Cl)c(OCCc3ccccc3)oc(=O)c2c1. The Kier molecular flexibility index (Phi) is 6.36. The predicted molar refractivity (Wildman–Crippen MR) is 110 cm³/mol. The summed E-state index contributed by atoms with van der Waals surface area (Å²) in [5, 5.41) is 3.66. The monoisotopic (exact) mass is 395 g/mol. The number of fused-ring (bicyclic) bond motifs is 1. The Morgan fingerprint density at radius 3 is 2.71 bits per heavy atom. The van der Waals surface area contributed by atoms with Gasteiger partial charge in [-0.2, -0.15) is 0 Å². The second-order valence-electron chi connectivity index (χ2n) is 6.09. The highest BCUT2D eigenvalue weighted by Crippen LogP contribution is 2.32. The van der Waals surface area contributed by atoms with Crippen LogP contribution in [0.1, 0.15) is 18.4 Å². The fourth-order valence-corrected chi connectivity index (χ4v) is 2.94. The minimum Gasteiger partial charge on any atom is -0.464 e. The summed E-state index contributed by atoms with van der Waals surface area (Å²) in [6.45, 7) is 0.321. The first-order valence-electron chi connectivity index (χ1n) is 8.75. The lowest BCUT2D eigenvalue weighted by Crippen LogP contribution is -2.11. The van der Waals surface area contributed by atoms with E-state index in [1.54, 1.807) is 12.1 Å². The van der Waals surface area contributed by atoms with E-state index in [4.69, 9.17) is 27.2 Å². The van der Waals surface area contributed by atoms with Crippen LogP contribution in [0.15, 0.2) is 57.7 Å². The number of ether oxygens (including phenoxy) is 1. The maximum Gasteiger partial charge on any atom is 0.346 e. The van der Waals surface area contributed by atoms with Crippen molar-refractivity contribution in [2.75, 3.05) is 11.9 Å². The molecule has 3 aromatic rings. The van der Waals surface area contributed by atoms with Crippen LogP contribution in [0.5, 0.6) is 5.95 Å². The largest absolute Gasteiger partial charge is 0.464 e. The van der Waals surface area contributed by atoms with Gasteiger partial charge >= 0.3 is 11.6 Å². The first-order chi connectivity index (χ1) is 13.6. The van der Waals surface area contributed by atoms with Crippen molar-refractivity contribution in [2.45, 2.75) is 19.3 Å². The van der Waals surface area contributed by atoms with Crippen molar-refractivity contribution in [1.29, 1.82) is 0 Å². The molecule has 1 amide bonds. The second kappa shape index (κ2) is 9.12. The zero-order chi connectivity index (χ0) is 19.9. The summed E-state index contributed by atoms with van der Waals surface area (Å²) in [6.07, 6.45) is 6.36. The molecule has 142 valence electrons. The molecule has 0 bridgehead atoms. The van der Waals surface area contributed by atoms with Crippen molar-refractivity contribution < 1.29 is 13.9 Å². The third-order valence-electron chi connectivity index (χ3n) is 4.09. The molecule has 28 heavy (non-hydrogen) atoms. The Balaban J connectivity index is 1.77. The minimum absolute atomic E-state index is 0.0131. The number of anilines is 1. The van der Waals surface area contributed by atoms with E-state index in [1.165, 1.54) is 6.07 Å². The third kappa shape index (κ3) is 4.73. The van der Waals surface area contributed by atoms with Crippen LogP contribution < -0.4 is 15.7 Å². The zero-order valence-electron chi connectivity index (χ0n) is 15.0. The standard InChI is InChI=1S/C22H18ClNO4/c1-2-3-9-19(25)24-16-10-11-17-18(14-16)21(26)28-22(20(17)23)27-13-12-15-7-5-4-6-8-15/h1,4-8,10-11,14H,3,9,12-13H2,(H,24,25). The Morgan fingerprint density at radius 2 is 1.96 bits per heavy atom. The average molecular weight is 396 g/mol. The smallest absolute Gasteiger partial charge is 0.346 e. The van der Waals surface area contributed by atoms with E-state index in [-0.39, 0.29) is 28.7 Å². The number of nitrogens with one attached hydrogen (secondary N) is 1. The molecule has 0 atom stereocenters. The van der Waals surface area contributed by atoms with E-state index >= 15 is 0 Å². The van der Waals surface area contributed by atoms with Crippen molar-refractivity contribution in [3.8, 4) is 18.3 Å². The fraction of sp³-hybridized carbons (Fsp3) is 0.182. The summed E-state index contributed by atoms with van der Waals surface area (Å²) in [5.74, 6) is 2.17. The number of carbonyl (C=O) groups is 1. The van der Waals surface area contributed by atoms with Crippen molar-refractivity contribution in [3.05, 3.63) is 69.5 Å². The number of hydrogen-bond donors (Lipinski definition) is 1. The summed E-state index contributed by atoms with van der Waals surface area (Å²) < 4.78 is 10.8. The van der Waals surface area contributed by atoms with Gasteiger partial charge in [0.15, 0.2) is 0 Å². The highest BCUT2D eigenvalue weighted by Gasteiger charge is 2.14. The molecule has 1 N–H and O–H groups in total. The number of carbonyl (C=O) groups excluding carboxylic acids is 1. The van der Waals surface area contributed by atoms with Crippen LogP contribution >= 0.6 is 11.6 Å². The van der Waals surface area contributed by atoms with Crippen molar-refractivity contribution in [1.82, 2.24) is 0 Å². The Bertz CT molecular complexity index is 1080. The summed E-state index contributed by atoms with van der Waals surface area (Å²) in [6, 6.07) is 14.6. The molecule has 1 aromatic heterocycles. The van der Waals surface area contributed by atoms with Gasteiger partial charge in [-0.25, -0.2) is 4.79 Å². The van der Waals surface area contributed by atoms with Crippen LogP contribution in [0, 0.1) is 12.3 Å². The van der Waals surface area contributed by atoms with Crippen LogP contribution in [0.2, 0.25) is 5.02 Å². The molecule has 0 saturated carbocycles. The molecule has 2 aromatic carbocycles. The molecular weight excluding hydrogens is 378 g/mol. The van der Waals surface area contributed by atoms with Crippen molar-refractivity contribution >= 4 is 34.0 Å². The van der Waals surface area contributed by atoms with Crippen LogP contribution in [-0.2, 0) is 11.2 Å². The molecule has 0 aliphatic carbocycles. The van der Waals surface area contributed by atoms with Gasteiger partial charge in [-0.1, -0.05) is 48.0 Å². The van der Waals surface area contributed by atoms with E-state index < -0.39 is 5.63 Å². The molecule has 6 heteroatoms. The predicted octanol–water partition coefficient (Wildman–Crippen LogP) is 4.42. The molecule has 3 rings (SSSR count). The van der Waals surface area contributed by atoms with Gasteiger partial charge in [-0.15, -0.1) is 12.3 Å². The number of hydrogen-bond acceptors (Lipinski definition) is 4. The Hall–Kier alpha value is -3.23. The molecule has 0 spiro atoms. The maximum absolute atomic E-state index is 12.4. The number of halogens is 1. The summed E-state index contributed by atoms with van der Waals surface area (Å²) in [4.78, 5) is 24.1. The Morgan fingerprint density at radius 1 is 1.18 bits per heavy atom. The molecule has 0 radical (unpaired) electrons. The van der Waals surface area contributed by atoms with E-state index in [0.29, 0.717) is 30.5 Å². The quantitative estimate of drug-likeness (QED) is 0.601. The minimum atomic E-state index is -0.589. The van der Waals surface area contributed by atoms with Crippen molar-refractivity contribution in [3.63, 3.8) is 0 Å². The molecule has 0 aliphatic heterocycles. The lowest BCUT2D eigenvalue weighted by molar-refractivity contribution is -0.116. The van der Waals surface area contributed by atoms with E-state index in [1.807, 2.05) is 30.3 Å². The van der Waals surface area contributed by atoms with Crippen LogP contribution in [-0.4, -0.2) is 12.5 Å². The third-order valence-corrected chi connectivity index (χ3v) is 4.45. The molecule has 0 aliphatic rings. The maximum atomic E-state index is 12.4. The first kappa shape index (κ1) is 19.5. The highest BCUT2D eigenvalue weighted by atomic mass is 35.5. The van der Waals surface area contributed by atoms with Gasteiger partial charge in [-0.05, 0) is 17.7 Å². The summed E-state index contributed by atoms with van der Waals surface area (Å²) in [5.41, 5.74) is 0.983. The number of benzene rings is 2. The van der Waals surface area contributed by atoms with Crippen LogP contribution in [0.4, 0.5) is 5.69 Å². The van der Waals surface area contributed by atoms with Crippen LogP contribution in [0.25, 0.3) is 10.8 Å². The topological polar surface area (TPSA) is 68.5 Å². The highest BCUT2D eigenvalue weighted by molar-refractivity contribution is 6.36. The lowest BCUT2D eigenvalue weighted by atomic mass is 10.1. The molecule has 0 fully saturated rings. The van der Waals surface area contributed by atoms with Gasteiger partial charge in [0, 0.05) is 30.3 Å². The number of amides is 1. The van der Waals surface area contributed by atoms with Gasteiger partial charge in [-0.3, -0.25) is 4.79 Å². The molecular formula is C22H18ClNO4. The lowest BCUT2D eigenvalue weighted by Gasteiger charge is -2.10. The average Bonchev–Trinajstić information content (AvgIpc) is 2.71. The summed E-state index contributed by atoms with van der Waals surface area (Å²) in [7, 11) is 0. The molecule has 0 saturated heterocycles. The van der Waals surface area contributed by atoms with E-state index in [0.717, 1.165) is 5.56 Å². The normalized spacial score (nSPS) is 10.4. The van der Waals surface area contributed by atoms with Gasteiger partial charge in [0.1, 0.15) is 5.02 Å². The second-order valence-corrected chi connectivity index (χ2v) is 6.47. The van der Waals surface area contributed by atoms with Crippen LogP contribution in [0.3, 0.4) is 0 Å². The van der Waals surface area contributed by atoms with Gasteiger partial charge < -0.3 is 14.5 Å². The fourth-order valence-electron chi connectivity index (χ4n) is 2.68. The Labute approximate surface area is 167 Å². The number of rotatable bonds is 7. The van der Waals surface area contributed by atoms with Crippen molar-refractivity contribution in [2.24, 2.45) is 0 Å². The first-order valence-corrected chi connectivity index (χ1v) is 9.12. The molecule has 5 nitrogen and oxygen atoms in total.